The molecule has 0 amide bonds. The fraction of sp³-hybridized carbons (Fsp3) is 0.278. The summed E-state index contributed by atoms with van der Waals surface area (Å²) in [4.78, 5) is 12.0. The standard InChI is InChI=1S/C18H20O2/c1-4-14-5-7-16(8-6-14)18(19)20-17-11-9-15(10-12-17)13(2)3/h5-13H,4H2,1-3H3. The molecule has 0 saturated carbocycles. The minimum atomic E-state index is -0.315. The van der Waals surface area contributed by atoms with Gasteiger partial charge in [-0.1, -0.05) is 45.0 Å². The van der Waals surface area contributed by atoms with Gasteiger partial charge in [0.2, 0.25) is 0 Å². The van der Waals surface area contributed by atoms with Crippen LogP contribution < -0.4 is 4.74 Å². The van der Waals surface area contributed by atoms with Crippen LogP contribution in [0.4, 0.5) is 0 Å². The zero-order chi connectivity index (χ0) is 14.5. The van der Waals surface area contributed by atoms with Crippen LogP contribution in [0, 0.1) is 0 Å². The Kier molecular flexibility index (Phi) is 4.57. The zero-order valence-corrected chi connectivity index (χ0v) is 12.2. The fourth-order valence-electron chi connectivity index (χ4n) is 1.96. The van der Waals surface area contributed by atoms with Crippen LogP contribution in [0.25, 0.3) is 0 Å². The highest BCUT2D eigenvalue weighted by Crippen LogP contribution is 2.19. The predicted octanol–water partition coefficient (Wildman–Crippen LogP) is 4.59. The maximum absolute atomic E-state index is 12.0. The minimum Gasteiger partial charge on any atom is -0.423 e. The third-order valence-corrected chi connectivity index (χ3v) is 3.36. The minimum absolute atomic E-state index is 0.315. The Balaban J connectivity index is 2.06. The largest absolute Gasteiger partial charge is 0.423 e. The van der Waals surface area contributed by atoms with Crippen molar-refractivity contribution < 1.29 is 9.53 Å². The first-order chi connectivity index (χ1) is 9.60. The molecule has 0 aliphatic heterocycles. The quantitative estimate of drug-likeness (QED) is 0.598. The van der Waals surface area contributed by atoms with E-state index in [1.54, 1.807) is 0 Å². The Morgan fingerprint density at radius 1 is 1.00 bits per heavy atom. The zero-order valence-electron chi connectivity index (χ0n) is 12.2. The van der Waals surface area contributed by atoms with E-state index in [4.69, 9.17) is 4.74 Å². The molecule has 2 aromatic rings. The van der Waals surface area contributed by atoms with Crippen molar-refractivity contribution in [2.45, 2.75) is 33.1 Å². The van der Waals surface area contributed by atoms with Gasteiger partial charge in [0.25, 0.3) is 0 Å². The molecule has 0 saturated heterocycles. The maximum Gasteiger partial charge on any atom is 0.343 e. The number of ether oxygens (including phenoxy) is 1. The summed E-state index contributed by atoms with van der Waals surface area (Å²) in [6.45, 7) is 6.36. The van der Waals surface area contributed by atoms with Crippen molar-refractivity contribution in [3.05, 3.63) is 65.2 Å². The molecule has 20 heavy (non-hydrogen) atoms. The van der Waals surface area contributed by atoms with E-state index in [-0.39, 0.29) is 5.97 Å². The van der Waals surface area contributed by atoms with Crippen LogP contribution in [-0.4, -0.2) is 5.97 Å². The number of rotatable bonds is 4. The summed E-state index contributed by atoms with van der Waals surface area (Å²) >= 11 is 0. The smallest absolute Gasteiger partial charge is 0.343 e. The Morgan fingerprint density at radius 2 is 1.60 bits per heavy atom. The van der Waals surface area contributed by atoms with Crippen molar-refractivity contribution in [2.24, 2.45) is 0 Å². The second-order valence-corrected chi connectivity index (χ2v) is 5.16. The lowest BCUT2D eigenvalue weighted by atomic mass is 10.0. The normalized spacial score (nSPS) is 10.6. The molecule has 0 aliphatic rings. The van der Waals surface area contributed by atoms with Crippen molar-refractivity contribution in [3.63, 3.8) is 0 Å². The summed E-state index contributed by atoms with van der Waals surface area (Å²) in [6.07, 6.45) is 0.964. The lowest BCUT2D eigenvalue weighted by molar-refractivity contribution is 0.0734. The molecular weight excluding hydrogens is 248 g/mol. The Labute approximate surface area is 120 Å². The monoisotopic (exact) mass is 268 g/mol. The van der Waals surface area contributed by atoms with Gasteiger partial charge in [-0.2, -0.15) is 0 Å². The summed E-state index contributed by atoms with van der Waals surface area (Å²) in [5.41, 5.74) is 3.02. The first-order valence-corrected chi connectivity index (χ1v) is 7.01. The van der Waals surface area contributed by atoms with Crippen molar-refractivity contribution in [3.8, 4) is 5.75 Å². The Hall–Kier alpha value is -2.09. The average molecular weight is 268 g/mol. The molecule has 0 heterocycles. The van der Waals surface area contributed by atoms with Crippen LogP contribution in [0.15, 0.2) is 48.5 Å². The molecule has 2 aromatic carbocycles. The molecule has 0 aliphatic carbocycles. The number of aryl methyl sites for hydroxylation is 1. The van der Waals surface area contributed by atoms with Gasteiger partial charge >= 0.3 is 5.97 Å². The van der Waals surface area contributed by atoms with E-state index in [2.05, 4.69) is 20.8 Å². The van der Waals surface area contributed by atoms with Crippen LogP contribution in [0.3, 0.4) is 0 Å². The van der Waals surface area contributed by atoms with Gasteiger partial charge in [-0.25, -0.2) is 4.79 Å². The number of hydrogen-bond donors (Lipinski definition) is 0. The molecule has 0 unspecified atom stereocenters. The molecule has 2 heteroatoms. The van der Waals surface area contributed by atoms with E-state index in [1.165, 1.54) is 11.1 Å². The van der Waals surface area contributed by atoms with Crippen LogP contribution in [0.2, 0.25) is 0 Å². The number of benzene rings is 2. The molecule has 0 N–H and O–H groups in total. The van der Waals surface area contributed by atoms with E-state index >= 15 is 0 Å². The van der Waals surface area contributed by atoms with E-state index in [0.717, 1.165) is 6.42 Å². The molecule has 0 atom stereocenters. The Bertz CT molecular complexity index is 565. The molecule has 0 fully saturated rings. The van der Waals surface area contributed by atoms with Crippen molar-refractivity contribution >= 4 is 5.97 Å². The number of carbonyl (C=O) groups is 1. The van der Waals surface area contributed by atoms with Crippen molar-refractivity contribution in [1.82, 2.24) is 0 Å². The summed E-state index contributed by atoms with van der Waals surface area (Å²) in [5.74, 6) is 0.741. The average Bonchev–Trinajstić information content (AvgIpc) is 2.48. The third-order valence-electron chi connectivity index (χ3n) is 3.36. The van der Waals surface area contributed by atoms with E-state index < -0.39 is 0 Å². The summed E-state index contributed by atoms with van der Waals surface area (Å²) in [6, 6.07) is 15.2. The van der Waals surface area contributed by atoms with E-state index in [1.807, 2.05) is 48.5 Å². The highest BCUT2D eigenvalue weighted by molar-refractivity contribution is 5.91. The fourth-order valence-corrected chi connectivity index (χ4v) is 1.96. The van der Waals surface area contributed by atoms with E-state index in [9.17, 15) is 4.79 Å². The van der Waals surface area contributed by atoms with Crippen LogP contribution in [0.5, 0.6) is 5.75 Å². The first kappa shape index (κ1) is 14.3. The molecule has 0 spiro atoms. The van der Waals surface area contributed by atoms with Gasteiger partial charge in [0.15, 0.2) is 0 Å². The van der Waals surface area contributed by atoms with Gasteiger partial charge in [-0.3, -0.25) is 0 Å². The van der Waals surface area contributed by atoms with Gasteiger partial charge in [0.05, 0.1) is 5.56 Å². The van der Waals surface area contributed by atoms with Gasteiger partial charge in [-0.15, -0.1) is 0 Å². The number of carbonyl (C=O) groups excluding carboxylic acids is 1. The molecule has 2 rings (SSSR count). The molecule has 2 nitrogen and oxygen atoms in total. The second kappa shape index (κ2) is 6.38. The van der Waals surface area contributed by atoms with Crippen molar-refractivity contribution in [2.75, 3.05) is 0 Å². The number of hydrogen-bond acceptors (Lipinski definition) is 2. The first-order valence-electron chi connectivity index (χ1n) is 7.01. The highest BCUT2D eigenvalue weighted by atomic mass is 16.5. The number of esters is 1. The topological polar surface area (TPSA) is 26.3 Å². The summed E-state index contributed by atoms with van der Waals surface area (Å²) < 4.78 is 5.37. The lowest BCUT2D eigenvalue weighted by Gasteiger charge is -2.08. The van der Waals surface area contributed by atoms with Crippen LogP contribution >= 0.6 is 0 Å². The van der Waals surface area contributed by atoms with Crippen LogP contribution in [-0.2, 0) is 6.42 Å². The lowest BCUT2D eigenvalue weighted by Crippen LogP contribution is -2.08. The predicted molar refractivity (Wildman–Crippen MR) is 81.3 cm³/mol. The SMILES string of the molecule is CCc1ccc(C(=O)Oc2ccc(C(C)C)cc2)cc1. The second-order valence-electron chi connectivity index (χ2n) is 5.16. The van der Waals surface area contributed by atoms with Crippen LogP contribution in [0.1, 0.15) is 48.2 Å². The molecular formula is C18H20O2. The highest BCUT2D eigenvalue weighted by Gasteiger charge is 2.08. The third kappa shape index (κ3) is 3.47. The maximum atomic E-state index is 12.0. The molecule has 0 bridgehead atoms. The summed E-state index contributed by atoms with van der Waals surface area (Å²) in [5, 5.41) is 0. The van der Waals surface area contributed by atoms with Gasteiger partial charge in [0.1, 0.15) is 5.75 Å². The van der Waals surface area contributed by atoms with Crippen molar-refractivity contribution in [1.29, 1.82) is 0 Å². The Morgan fingerprint density at radius 3 is 2.10 bits per heavy atom. The van der Waals surface area contributed by atoms with Gasteiger partial charge in [-0.05, 0) is 47.7 Å². The molecule has 0 aromatic heterocycles. The summed E-state index contributed by atoms with van der Waals surface area (Å²) in [7, 11) is 0. The van der Waals surface area contributed by atoms with Gasteiger partial charge < -0.3 is 4.74 Å². The van der Waals surface area contributed by atoms with Gasteiger partial charge in [0, 0.05) is 0 Å². The molecule has 0 radical (unpaired) electrons. The molecule has 104 valence electrons. The van der Waals surface area contributed by atoms with E-state index in [0.29, 0.717) is 17.2 Å².